The summed E-state index contributed by atoms with van der Waals surface area (Å²) in [6.45, 7) is 8.94. The first-order valence-corrected chi connectivity index (χ1v) is 15.8. The molecule has 2 saturated heterocycles. The number of anilines is 1. The van der Waals surface area contributed by atoms with Crippen LogP contribution in [0.1, 0.15) is 51.5 Å². The second-order valence-corrected chi connectivity index (χ2v) is 12.7. The number of aromatic amines is 1. The highest BCUT2D eigenvalue weighted by molar-refractivity contribution is 5.85. The van der Waals surface area contributed by atoms with Crippen molar-refractivity contribution in [3.63, 3.8) is 0 Å². The van der Waals surface area contributed by atoms with E-state index in [1.54, 1.807) is 0 Å². The van der Waals surface area contributed by atoms with Crippen LogP contribution in [0.2, 0.25) is 0 Å². The minimum Gasteiger partial charge on any atom is -0.478 e. The summed E-state index contributed by atoms with van der Waals surface area (Å²) in [4.78, 5) is 33.6. The van der Waals surface area contributed by atoms with Crippen LogP contribution in [-0.2, 0) is 16.1 Å². The number of benzene rings is 2. The van der Waals surface area contributed by atoms with Crippen molar-refractivity contribution in [2.45, 2.75) is 64.1 Å². The third-order valence-electron chi connectivity index (χ3n) is 9.18. The maximum absolute atomic E-state index is 14.1. The number of nitrogens with zero attached hydrogens (tertiary/aromatic N) is 4. The van der Waals surface area contributed by atoms with Crippen molar-refractivity contribution in [2.24, 2.45) is 5.92 Å². The standard InChI is InChI=1S/C34H44N6O3/c1-34(2,33(42)38-18-15-35-16-19-38)43-31-10-4-9-30(20-31)39-17-5-6-27(24-39)32(41)40(29-7-3-8-29)23-25-11-13-26(14-12-25)28-21-36-37-22-28/h4,9-14,20-22,27,29,35H,3,5-8,15-19,23-24H2,1-2H3,(H,36,37)/t27-/m1/s1. The summed E-state index contributed by atoms with van der Waals surface area (Å²) < 4.78 is 6.29. The monoisotopic (exact) mass is 584 g/mol. The molecule has 0 radical (unpaired) electrons. The van der Waals surface area contributed by atoms with E-state index < -0.39 is 5.60 Å². The Morgan fingerprint density at radius 1 is 1.00 bits per heavy atom. The Hall–Kier alpha value is -3.85. The zero-order valence-electron chi connectivity index (χ0n) is 25.4. The number of rotatable bonds is 9. The van der Waals surface area contributed by atoms with Crippen LogP contribution in [0.4, 0.5) is 5.69 Å². The van der Waals surface area contributed by atoms with E-state index in [0.29, 0.717) is 38.0 Å². The van der Waals surface area contributed by atoms with Gasteiger partial charge in [-0.25, -0.2) is 0 Å². The molecule has 3 aromatic rings. The first kappa shape index (κ1) is 29.2. The van der Waals surface area contributed by atoms with Crippen LogP contribution >= 0.6 is 0 Å². The van der Waals surface area contributed by atoms with Crippen LogP contribution in [-0.4, -0.2) is 82.7 Å². The SMILES string of the molecule is CC(C)(Oc1cccc(N2CCC[C@@H](C(=O)N(Cc3ccc(-c4cn[nH]c4)cc3)C3CCC3)C2)c1)C(=O)N1CCNCC1. The molecule has 2 aliphatic heterocycles. The van der Waals surface area contributed by atoms with Gasteiger partial charge in [-0.15, -0.1) is 0 Å². The summed E-state index contributed by atoms with van der Waals surface area (Å²) in [6.07, 6.45) is 8.93. The topological polar surface area (TPSA) is 93.8 Å². The Morgan fingerprint density at radius 2 is 1.79 bits per heavy atom. The molecule has 2 aromatic carbocycles. The second kappa shape index (κ2) is 12.8. The predicted octanol–water partition coefficient (Wildman–Crippen LogP) is 4.46. The molecule has 9 nitrogen and oxygen atoms in total. The summed E-state index contributed by atoms with van der Waals surface area (Å²) in [5, 5.41) is 10.2. The molecule has 9 heteroatoms. The van der Waals surface area contributed by atoms with Gasteiger partial charge in [-0.3, -0.25) is 14.7 Å². The number of piperazine rings is 1. The lowest BCUT2D eigenvalue weighted by Gasteiger charge is -2.42. The van der Waals surface area contributed by atoms with Crippen LogP contribution in [0.5, 0.6) is 5.75 Å². The van der Waals surface area contributed by atoms with Crippen LogP contribution in [0.15, 0.2) is 60.9 Å². The molecule has 1 aliphatic carbocycles. The largest absolute Gasteiger partial charge is 0.478 e. The molecule has 0 spiro atoms. The number of H-pyrrole nitrogens is 1. The molecule has 0 bridgehead atoms. The molecule has 6 rings (SSSR count). The Kier molecular flexibility index (Phi) is 8.70. The molecule has 2 N–H and O–H groups in total. The molecule has 1 aromatic heterocycles. The molecule has 2 amide bonds. The first-order chi connectivity index (χ1) is 20.9. The number of ether oxygens (including phenoxy) is 1. The van der Waals surface area contributed by atoms with Crippen LogP contribution in [0, 0.1) is 5.92 Å². The number of carbonyl (C=O) groups is 2. The number of amides is 2. The maximum Gasteiger partial charge on any atom is 0.266 e. The van der Waals surface area contributed by atoms with E-state index in [0.717, 1.165) is 67.7 Å². The van der Waals surface area contributed by atoms with Crippen LogP contribution in [0.3, 0.4) is 0 Å². The van der Waals surface area contributed by atoms with Gasteiger partial charge in [-0.1, -0.05) is 30.3 Å². The van der Waals surface area contributed by atoms with E-state index in [2.05, 4.69) is 55.6 Å². The second-order valence-electron chi connectivity index (χ2n) is 12.7. The fourth-order valence-electron chi connectivity index (χ4n) is 6.47. The first-order valence-electron chi connectivity index (χ1n) is 15.8. The van der Waals surface area contributed by atoms with Crippen molar-refractivity contribution in [1.29, 1.82) is 0 Å². The fraction of sp³-hybridized carbons (Fsp3) is 0.500. The van der Waals surface area contributed by atoms with Gasteiger partial charge in [0.2, 0.25) is 5.91 Å². The minimum atomic E-state index is -0.962. The van der Waals surface area contributed by atoms with Crippen molar-refractivity contribution in [3.05, 3.63) is 66.5 Å². The lowest BCUT2D eigenvalue weighted by molar-refractivity contribution is -0.146. The lowest BCUT2D eigenvalue weighted by Crippen LogP contribution is -2.54. The third kappa shape index (κ3) is 6.72. The Bertz CT molecular complexity index is 1380. The summed E-state index contributed by atoms with van der Waals surface area (Å²) in [5.41, 5.74) is 3.40. The van der Waals surface area contributed by atoms with Crippen molar-refractivity contribution in [1.82, 2.24) is 25.3 Å². The zero-order chi connectivity index (χ0) is 29.8. The van der Waals surface area contributed by atoms with Crippen molar-refractivity contribution in [3.8, 4) is 16.9 Å². The Balaban J connectivity index is 1.11. The molecule has 228 valence electrons. The van der Waals surface area contributed by atoms with Gasteiger partial charge in [0, 0.05) is 75.4 Å². The van der Waals surface area contributed by atoms with Gasteiger partial charge in [0.05, 0.1) is 12.1 Å². The van der Waals surface area contributed by atoms with Crippen LogP contribution < -0.4 is 15.0 Å². The van der Waals surface area contributed by atoms with Gasteiger partial charge < -0.3 is 24.8 Å². The maximum atomic E-state index is 14.1. The zero-order valence-corrected chi connectivity index (χ0v) is 25.4. The summed E-state index contributed by atoms with van der Waals surface area (Å²) in [5.74, 6) is 0.906. The fourth-order valence-corrected chi connectivity index (χ4v) is 6.47. The molecule has 1 atom stereocenters. The third-order valence-corrected chi connectivity index (χ3v) is 9.18. The van der Waals surface area contributed by atoms with Gasteiger partial charge in [0.1, 0.15) is 5.75 Å². The molecule has 3 heterocycles. The summed E-state index contributed by atoms with van der Waals surface area (Å²) in [7, 11) is 0. The van der Waals surface area contributed by atoms with Crippen LogP contribution in [0.25, 0.3) is 11.1 Å². The molecule has 3 aliphatic rings. The van der Waals surface area contributed by atoms with E-state index >= 15 is 0 Å². The Labute approximate surface area is 254 Å². The number of nitrogens with one attached hydrogen (secondary N) is 2. The molecular weight excluding hydrogens is 540 g/mol. The smallest absolute Gasteiger partial charge is 0.266 e. The van der Waals surface area contributed by atoms with Gasteiger partial charge >= 0.3 is 0 Å². The summed E-state index contributed by atoms with van der Waals surface area (Å²) >= 11 is 0. The molecule has 3 fully saturated rings. The van der Waals surface area contributed by atoms with Gasteiger partial charge in [-0.2, -0.15) is 5.10 Å². The van der Waals surface area contributed by atoms with Gasteiger partial charge in [0.25, 0.3) is 5.91 Å². The summed E-state index contributed by atoms with van der Waals surface area (Å²) in [6, 6.07) is 16.8. The molecule has 43 heavy (non-hydrogen) atoms. The number of aromatic nitrogens is 2. The van der Waals surface area contributed by atoms with E-state index in [4.69, 9.17) is 4.74 Å². The van der Waals surface area contributed by atoms with Gasteiger partial charge in [-0.05, 0) is 69.2 Å². The highest BCUT2D eigenvalue weighted by Crippen LogP contribution is 2.33. The average molecular weight is 585 g/mol. The molecule has 0 unspecified atom stereocenters. The minimum absolute atomic E-state index is 0.00948. The van der Waals surface area contributed by atoms with E-state index in [1.165, 1.54) is 6.42 Å². The van der Waals surface area contributed by atoms with E-state index in [9.17, 15) is 9.59 Å². The number of hydrogen-bond donors (Lipinski definition) is 2. The number of hydrogen-bond acceptors (Lipinski definition) is 6. The van der Waals surface area contributed by atoms with Crippen molar-refractivity contribution < 1.29 is 14.3 Å². The van der Waals surface area contributed by atoms with Crippen molar-refractivity contribution >= 4 is 17.5 Å². The van der Waals surface area contributed by atoms with E-state index in [-0.39, 0.29) is 17.7 Å². The Morgan fingerprint density at radius 3 is 2.49 bits per heavy atom. The van der Waals surface area contributed by atoms with E-state index in [1.807, 2.05) is 49.3 Å². The number of piperidine rings is 1. The van der Waals surface area contributed by atoms with Gasteiger partial charge in [0.15, 0.2) is 5.60 Å². The highest BCUT2D eigenvalue weighted by Gasteiger charge is 2.36. The lowest BCUT2D eigenvalue weighted by atomic mass is 9.88. The predicted molar refractivity (Wildman–Crippen MR) is 168 cm³/mol. The molecular formula is C34H44N6O3. The highest BCUT2D eigenvalue weighted by atomic mass is 16.5. The molecule has 1 saturated carbocycles. The normalized spacial score (nSPS) is 19.5. The quantitative estimate of drug-likeness (QED) is 0.386. The van der Waals surface area contributed by atoms with Crippen molar-refractivity contribution in [2.75, 3.05) is 44.2 Å². The number of carbonyl (C=O) groups excluding carboxylic acids is 2. The average Bonchev–Trinajstić information content (AvgIpc) is 3.55.